The van der Waals surface area contributed by atoms with Gasteiger partial charge in [-0.1, -0.05) is 18.2 Å². The second kappa shape index (κ2) is 7.59. The van der Waals surface area contributed by atoms with Gasteiger partial charge in [0, 0.05) is 31.3 Å². The van der Waals surface area contributed by atoms with Gasteiger partial charge in [-0.05, 0) is 32.4 Å². The number of ether oxygens (including phenoxy) is 1. The lowest BCUT2D eigenvalue weighted by atomic mass is 10.1. The van der Waals surface area contributed by atoms with E-state index < -0.39 is 0 Å². The number of nitrogens with one attached hydrogen (secondary N) is 2. The third-order valence-electron chi connectivity index (χ3n) is 4.61. The van der Waals surface area contributed by atoms with Crippen LogP contribution in [0.4, 0.5) is 0 Å². The van der Waals surface area contributed by atoms with Crippen molar-refractivity contribution in [3.8, 4) is 5.75 Å². The maximum absolute atomic E-state index is 5.98. The summed E-state index contributed by atoms with van der Waals surface area (Å²) in [7, 11) is 1.97. The van der Waals surface area contributed by atoms with Crippen LogP contribution in [-0.4, -0.2) is 34.9 Å². The van der Waals surface area contributed by atoms with E-state index in [1.807, 2.05) is 30.8 Å². The van der Waals surface area contributed by atoms with Gasteiger partial charge >= 0.3 is 0 Å². The first kappa shape index (κ1) is 17.3. The van der Waals surface area contributed by atoms with Crippen LogP contribution in [0.3, 0.4) is 0 Å². The second-order valence-electron chi connectivity index (χ2n) is 6.40. The number of nitrogens with zero attached hydrogens (tertiary/aromatic N) is 3. The molecular weight excluding hydrogens is 314 g/mol. The maximum Gasteiger partial charge on any atom is 0.191 e. The summed E-state index contributed by atoms with van der Waals surface area (Å²) in [6.07, 6.45) is 1.08. The molecule has 0 radical (unpaired) electrons. The molecule has 1 aromatic carbocycles. The van der Waals surface area contributed by atoms with Gasteiger partial charge in [-0.25, -0.2) is 4.99 Å². The van der Waals surface area contributed by atoms with E-state index in [9.17, 15) is 0 Å². The Kier molecular flexibility index (Phi) is 5.26. The molecule has 1 unspecified atom stereocenters. The number of guanidine groups is 1. The van der Waals surface area contributed by atoms with E-state index in [-0.39, 0.29) is 6.10 Å². The van der Waals surface area contributed by atoms with Crippen LogP contribution in [0, 0.1) is 13.8 Å². The zero-order chi connectivity index (χ0) is 17.8. The molecule has 0 aliphatic carbocycles. The molecule has 0 amide bonds. The molecule has 2 aromatic rings. The lowest BCUT2D eigenvalue weighted by Crippen LogP contribution is -2.42. The molecular formula is C19H27N5O. The Balaban J connectivity index is 1.60. The highest BCUT2D eigenvalue weighted by atomic mass is 16.5. The highest BCUT2D eigenvalue weighted by Gasteiger charge is 2.22. The molecule has 25 heavy (non-hydrogen) atoms. The monoisotopic (exact) mass is 341 g/mol. The predicted molar refractivity (Wildman–Crippen MR) is 100 cm³/mol. The standard InChI is InChI=1S/C19H27N5O/c1-5-20-19(22-12-17-13(2)23-24(4)14(17)3)21-11-16-10-15-8-6-7-9-18(15)25-16/h6-9,16H,5,10-12H2,1-4H3,(H2,20,21,22). The average Bonchev–Trinajstić information content (AvgIpc) is 3.11. The Morgan fingerprint density at radius 3 is 2.80 bits per heavy atom. The van der Waals surface area contributed by atoms with Gasteiger partial charge in [0.2, 0.25) is 0 Å². The van der Waals surface area contributed by atoms with Crippen molar-refractivity contribution in [2.75, 3.05) is 13.1 Å². The number of rotatable bonds is 5. The number of aliphatic imine (C=N–C) groups is 1. The van der Waals surface area contributed by atoms with Crippen molar-refractivity contribution < 1.29 is 4.74 Å². The zero-order valence-electron chi connectivity index (χ0n) is 15.5. The Bertz CT molecular complexity index is 740. The SMILES string of the molecule is CCNC(=NCc1c(C)nn(C)c1C)NCC1Cc2ccccc2O1. The molecule has 2 N–H and O–H groups in total. The van der Waals surface area contributed by atoms with E-state index >= 15 is 0 Å². The average molecular weight is 341 g/mol. The molecule has 1 aliphatic heterocycles. The molecule has 1 aromatic heterocycles. The van der Waals surface area contributed by atoms with Crippen molar-refractivity contribution >= 4 is 5.96 Å². The molecule has 134 valence electrons. The Labute approximate surface area is 149 Å². The molecule has 6 nitrogen and oxygen atoms in total. The lowest BCUT2D eigenvalue weighted by molar-refractivity contribution is 0.235. The van der Waals surface area contributed by atoms with Gasteiger partial charge in [0.25, 0.3) is 0 Å². The summed E-state index contributed by atoms with van der Waals surface area (Å²) in [4.78, 5) is 4.71. The fourth-order valence-corrected chi connectivity index (χ4v) is 3.12. The first-order chi connectivity index (χ1) is 12.1. The molecule has 0 bridgehead atoms. The number of hydrogen-bond donors (Lipinski definition) is 2. The summed E-state index contributed by atoms with van der Waals surface area (Å²) < 4.78 is 7.89. The van der Waals surface area contributed by atoms with Crippen LogP contribution in [0.2, 0.25) is 0 Å². The Morgan fingerprint density at radius 2 is 2.12 bits per heavy atom. The van der Waals surface area contributed by atoms with Crippen LogP contribution in [0.5, 0.6) is 5.75 Å². The Morgan fingerprint density at radius 1 is 1.32 bits per heavy atom. The van der Waals surface area contributed by atoms with Gasteiger partial charge in [-0.3, -0.25) is 4.68 Å². The van der Waals surface area contributed by atoms with Crippen molar-refractivity contribution in [2.45, 2.75) is 39.8 Å². The van der Waals surface area contributed by atoms with E-state index in [1.165, 1.54) is 11.1 Å². The number of para-hydroxylation sites is 1. The third kappa shape index (κ3) is 3.95. The quantitative estimate of drug-likeness (QED) is 0.646. The molecule has 1 aliphatic rings. The molecule has 6 heteroatoms. The highest BCUT2D eigenvalue weighted by molar-refractivity contribution is 5.79. The zero-order valence-corrected chi connectivity index (χ0v) is 15.5. The maximum atomic E-state index is 5.98. The first-order valence-corrected chi connectivity index (χ1v) is 8.84. The van der Waals surface area contributed by atoms with Gasteiger partial charge in [-0.15, -0.1) is 0 Å². The van der Waals surface area contributed by atoms with Gasteiger partial charge < -0.3 is 15.4 Å². The molecule has 2 heterocycles. The first-order valence-electron chi connectivity index (χ1n) is 8.84. The molecule has 0 spiro atoms. The smallest absolute Gasteiger partial charge is 0.191 e. The number of aromatic nitrogens is 2. The van der Waals surface area contributed by atoms with Gasteiger partial charge in [0.1, 0.15) is 11.9 Å². The van der Waals surface area contributed by atoms with E-state index in [0.29, 0.717) is 6.54 Å². The van der Waals surface area contributed by atoms with E-state index in [4.69, 9.17) is 9.73 Å². The molecule has 1 atom stereocenters. The topological polar surface area (TPSA) is 63.5 Å². The predicted octanol–water partition coefficient (Wildman–Crippen LogP) is 2.10. The van der Waals surface area contributed by atoms with Gasteiger partial charge in [0.15, 0.2) is 5.96 Å². The van der Waals surface area contributed by atoms with E-state index in [1.54, 1.807) is 0 Å². The van der Waals surface area contributed by atoms with Gasteiger partial charge in [-0.2, -0.15) is 5.10 Å². The van der Waals surface area contributed by atoms with Crippen molar-refractivity contribution in [1.82, 2.24) is 20.4 Å². The number of fused-ring (bicyclic) bond motifs is 1. The van der Waals surface area contributed by atoms with Crippen molar-refractivity contribution in [2.24, 2.45) is 12.0 Å². The summed E-state index contributed by atoms with van der Waals surface area (Å²) in [6, 6.07) is 8.23. The summed E-state index contributed by atoms with van der Waals surface area (Å²) in [6.45, 7) is 8.34. The largest absolute Gasteiger partial charge is 0.488 e. The fraction of sp³-hybridized carbons (Fsp3) is 0.474. The summed E-state index contributed by atoms with van der Waals surface area (Å²) in [5.41, 5.74) is 4.66. The molecule has 0 saturated heterocycles. The summed E-state index contributed by atoms with van der Waals surface area (Å²) >= 11 is 0. The summed E-state index contributed by atoms with van der Waals surface area (Å²) in [5, 5.41) is 11.2. The Hall–Kier alpha value is -2.50. The minimum absolute atomic E-state index is 0.142. The molecule has 0 saturated carbocycles. The van der Waals surface area contributed by atoms with Gasteiger partial charge in [0.05, 0.1) is 18.8 Å². The fourth-order valence-electron chi connectivity index (χ4n) is 3.12. The third-order valence-corrected chi connectivity index (χ3v) is 4.61. The minimum atomic E-state index is 0.142. The van der Waals surface area contributed by atoms with Crippen LogP contribution >= 0.6 is 0 Å². The lowest BCUT2D eigenvalue weighted by Gasteiger charge is -2.15. The minimum Gasteiger partial charge on any atom is -0.488 e. The van der Waals surface area contributed by atoms with Crippen molar-refractivity contribution in [3.63, 3.8) is 0 Å². The van der Waals surface area contributed by atoms with E-state index in [0.717, 1.165) is 42.6 Å². The van der Waals surface area contributed by atoms with Crippen LogP contribution < -0.4 is 15.4 Å². The number of aryl methyl sites for hydroxylation is 2. The van der Waals surface area contributed by atoms with Crippen molar-refractivity contribution in [3.05, 3.63) is 46.8 Å². The second-order valence-corrected chi connectivity index (χ2v) is 6.40. The molecule has 3 rings (SSSR count). The van der Waals surface area contributed by atoms with Crippen LogP contribution in [0.1, 0.15) is 29.4 Å². The normalized spacial score (nSPS) is 16.5. The number of hydrogen-bond acceptors (Lipinski definition) is 3. The highest BCUT2D eigenvalue weighted by Crippen LogP contribution is 2.27. The summed E-state index contributed by atoms with van der Waals surface area (Å²) in [5.74, 6) is 1.81. The van der Waals surface area contributed by atoms with Crippen LogP contribution in [0.25, 0.3) is 0 Å². The van der Waals surface area contributed by atoms with Crippen LogP contribution in [-0.2, 0) is 20.0 Å². The number of benzene rings is 1. The van der Waals surface area contributed by atoms with E-state index in [2.05, 4.69) is 41.7 Å². The van der Waals surface area contributed by atoms with Crippen molar-refractivity contribution in [1.29, 1.82) is 0 Å². The van der Waals surface area contributed by atoms with Crippen LogP contribution in [0.15, 0.2) is 29.3 Å². The molecule has 0 fully saturated rings.